The largest absolute Gasteiger partial charge is 0.508 e. The zero-order chi connectivity index (χ0) is 13.2. The summed E-state index contributed by atoms with van der Waals surface area (Å²) in [5, 5.41) is 12.2. The van der Waals surface area contributed by atoms with Gasteiger partial charge in [-0.05, 0) is 24.0 Å². The maximum atomic E-state index is 11.8. The van der Waals surface area contributed by atoms with Crippen LogP contribution in [-0.2, 0) is 4.79 Å². The van der Waals surface area contributed by atoms with E-state index in [9.17, 15) is 9.90 Å². The van der Waals surface area contributed by atoms with Crippen molar-refractivity contribution in [3.8, 4) is 5.75 Å². The minimum Gasteiger partial charge on any atom is -0.508 e. The Morgan fingerprint density at radius 1 is 1.41 bits per heavy atom. The molecule has 0 aromatic heterocycles. The standard InChI is InChI=1S/C13H20N2O2/c1-8-5-6-9(7-10(8)16)15-12(17)11(14)13(2,3)4/h5-7,11,16H,14H2,1-4H3,(H,15,17)/t11-/m0/s1. The molecule has 0 bridgehead atoms. The third-order valence-electron chi connectivity index (χ3n) is 2.69. The molecule has 4 nitrogen and oxygen atoms in total. The van der Waals surface area contributed by atoms with Crippen molar-refractivity contribution in [3.05, 3.63) is 23.8 Å². The quantitative estimate of drug-likeness (QED) is 0.735. The first-order chi connectivity index (χ1) is 7.71. The monoisotopic (exact) mass is 236 g/mol. The number of nitrogens with one attached hydrogen (secondary N) is 1. The predicted octanol–water partition coefficient (Wildman–Crippen LogP) is 2.01. The third-order valence-corrected chi connectivity index (χ3v) is 2.69. The Bertz CT molecular complexity index is 422. The van der Waals surface area contributed by atoms with Crippen LogP contribution < -0.4 is 11.1 Å². The van der Waals surface area contributed by atoms with Gasteiger partial charge < -0.3 is 16.2 Å². The number of hydrogen-bond acceptors (Lipinski definition) is 3. The number of nitrogens with two attached hydrogens (primary N) is 1. The van der Waals surface area contributed by atoms with Gasteiger partial charge in [-0.15, -0.1) is 0 Å². The smallest absolute Gasteiger partial charge is 0.241 e. The molecule has 0 heterocycles. The number of phenolic OH excluding ortho intramolecular Hbond substituents is 1. The second kappa shape index (κ2) is 4.75. The van der Waals surface area contributed by atoms with E-state index < -0.39 is 6.04 Å². The molecule has 0 aliphatic heterocycles. The van der Waals surface area contributed by atoms with Crippen molar-refractivity contribution in [2.75, 3.05) is 5.32 Å². The summed E-state index contributed by atoms with van der Waals surface area (Å²) in [5.74, 6) is -0.0899. The van der Waals surface area contributed by atoms with E-state index in [0.717, 1.165) is 5.56 Å². The Kier molecular flexibility index (Phi) is 3.78. The molecule has 17 heavy (non-hydrogen) atoms. The molecular formula is C13H20N2O2. The fourth-order valence-electron chi connectivity index (χ4n) is 1.30. The molecule has 0 unspecified atom stereocenters. The Morgan fingerprint density at radius 3 is 2.47 bits per heavy atom. The number of aromatic hydroxyl groups is 1. The lowest BCUT2D eigenvalue weighted by Crippen LogP contribution is -2.45. The molecule has 0 saturated heterocycles. The van der Waals surface area contributed by atoms with Crippen molar-refractivity contribution in [1.82, 2.24) is 0 Å². The molecule has 0 aliphatic rings. The predicted molar refractivity (Wildman–Crippen MR) is 68.9 cm³/mol. The third kappa shape index (κ3) is 3.46. The molecule has 1 aromatic rings. The zero-order valence-electron chi connectivity index (χ0n) is 10.7. The number of aryl methyl sites for hydroxylation is 1. The molecule has 0 saturated carbocycles. The van der Waals surface area contributed by atoms with Gasteiger partial charge in [0.25, 0.3) is 0 Å². The van der Waals surface area contributed by atoms with E-state index in [1.54, 1.807) is 19.1 Å². The van der Waals surface area contributed by atoms with Crippen LogP contribution in [0.25, 0.3) is 0 Å². The van der Waals surface area contributed by atoms with Crippen LogP contribution in [0.2, 0.25) is 0 Å². The summed E-state index contributed by atoms with van der Waals surface area (Å²) in [6.45, 7) is 7.51. The van der Waals surface area contributed by atoms with Crippen molar-refractivity contribution >= 4 is 11.6 Å². The lowest BCUT2D eigenvalue weighted by atomic mass is 9.87. The molecule has 4 N–H and O–H groups in total. The lowest BCUT2D eigenvalue weighted by Gasteiger charge is -2.25. The van der Waals surface area contributed by atoms with Gasteiger partial charge in [0.2, 0.25) is 5.91 Å². The van der Waals surface area contributed by atoms with Crippen molar-refractivity contribution < 1.29 is 9.90 Å². The van der Waals surface area contributed by atoms with Gasteiger partial charge in [-0.2, -0.15) is 0 Å². The molecule has 1 aromatic carbocycles. The van der Waals surface area contributed by atoms with Crippen LogP contribution in [-0.4, -0.2) is 17.1 Å². The molecule has 0 radical (unpaired) electrons. The van der Waals surface area contributed by atoms with Crippen molar-refractivity contribution in [2.45, 2.75) is 33.7 Å². The van der Waals surface area contributed by atoms with Crippen molar-refractivity contribution in [1.29, 1.82) is 0 Å². The summed E-state index contributed by atoms with van der Waals surface area (Å²) >= 11 is 0. The van der Waals surface area contributed by atoms with Gasteiger partial charge in [0, 0.05) is 11.8 Å². The van der Waals surface area contributed by atoms with Crippen molar-refractivity contribution in [3.63, 3.8) is 0 Å². The maximum Gasteiger partial charge on any atom is 0.241 e. The molecular weight excluding hydrogens is 216 g/mol. The summed E-state index contributed by atoms with van der Waals surface area (Å²) < 4.78 is 0. The first-order valence-electron chi connectivity index (χ1n) is 5.58. The summed E-state index contributed by atoms with van der Waals surface area (Å²) in [5.41, 5.74) is 6.86. The number of phenols is 1. The van der Waals surface area contributed by atoms with E-state index in [-0.39, 0.29) is 17.1 Å². The van der Waals surface area contributed by atoms with Crippen LogP contribution in [0, 0.1) is 12.3 Å². The van der Waals surface area contributed by atoms with Gasteiger partial charge in [-0.1, -0.05) is 26.8 Å². The van der Waals surface area contributed by atoms with Gasteiger partial charge in [0.1, 0.15) is 5.75 Å². The van der Waals surface area contributed by atoms with E-state index in [2.05, 4.69) is 5.32 Å². The number of rotatable bonds is 2. The highest BCUT2D eigenvalue weighted by Gasteiger charge is 2.27. The van der Waals surface area contributed by atoms with Crippen LogP contribution in [0.1, 0.15) is 26.3 Å². The lowest BCUT2D eigenvalue weighted by molar-refractivity contribution is -0.119. The van der Waals surface area contributed by atoms with Gasteiger partial charge >= 0.3 is 0 Å². The maximum absolute atomic E-state index is 11.8. The van der Waals surface area contributed by atoms with Gasteiger partial charge in [0.15, 0.2) is 0 Å². The van der Waals surface area contributed by atoms with E-state index in [4.69, 9.17) is 5.73 Å². The highest BCUT2D eigenvalue weighted by Crippen LogP contribution is 2.22. The highest BCUT2D eigenvalue weighted by atomic mass is 16.3. The van der Waals surface area contributed by atoms with Gasteiger partial charge in [-0.3, -0.25) is 4.79 Å². The average Bonchev–Trinajstić information content (AvgIpc) is 2.21. The first kappa shape index (κ1) is 13.5. The fourth-order valence-corrected chi connectivity index (χ4v) is 1.30. The first-order valence-corrected chi connectivity index (χ1v) is 5.58. The number of amides is 1. The average molecular weight is 236 g/mol. The van der Waals surface area contributed by atoms with E-state index in [1.165, 1.54) is 6.07 Å². The van der Waals surface area contributed by atoms with Gasteiger partial charge in [0.05, 0.1) is 6.04 Å². The summed E-state index contributed by atoms with van der Waals surface area (Å²) in [6, 6.07) is 4.41. The number of carbonyl (C=O) groups excluding carboxylic acids is 1. The summed E-state index contributed by atoms with van der Waals surface area (Å²) in [7, 11) is 0. The molecule has 1 atom stereocenters. The number of benzene rings is 1. The topological polar surface area (TPSA) is 75.4 Å². The van der Waals surface area contributed by atoms with Crippen LogP contribution in [0.5, 0.6) is 5.75 Å². The van der Waals surface area contributed by atoms with Crippen molar-refractivity contribution in [2.24, 2.45) is 11.1 Å². The molecule has 0 aliphatic carbocycles. The Labute approximate surface area is 102 Å². The molecule has 94 valence electrons. The molecule has 1 amide bonds. The Balaban J connectivity index is 2.78. The Hall–Kier alpha value is -1.55. The molecule has 1 rings (SSSR count). The number of carbonyl (C=O) groups is 1. The molecule has 0 spiro atoms. The summed E-state index contributed by atoms with van der Waals surface area (Å²) in [4.78, 5) is 11.8. The van der Waals surface area contributed by atoms with E-state index in [1.807, 2.05) is 20.8 Å². The van der Waals surface area contributed by atoms with E-state index >= 15 is 0 Å². The van der Waals surface area contributed by atoms with Crippen LogP contribution in [0.3, 0.4) is 0 Å². The minimum absolute atomic E-state index is 0.159. The second-order valence-corrected chi connectivity index (χ2v) is 5.33. The number of hydrogen-bond donors (Lipinski definition) is 3. The number of anilines is 1. The zero-order valence-corrected chi connectivity index (χ0v) is 10.7. The molecule has 0 fully saturated rings. The fraction of sp³-hybridized carbons (Fsp3) is 0.462. The summed E-state index contributed by atoms with van der Waals surface area (Å²) in [6.07, 6.45) is 0. The van der Waals surface area contributed by atoms with Crippen LogP contribution >= 0.6 is 0 Å². The highest BCUT2D eigenvalue weighted by molar-refractivity contribution is 5.95. The van der Waals surface area contributed by atoms with E-state index in [0.29, 0.717) is 5.69 Å². The SMILES string of the molecule is Cc1ccc(NC(=O)[C@H](N)C(C)(C)C)cc1O. The minimum atomic E-state index is -0.592. The van der Waals surface area contributed by atoms with Crippen LogP contribution in [0.4, 0.5) is 5.69 Å². The Morgan fingerprint density at radius 2 is 2.00 bits per heavy atom. The second-order valence-electron chi connectivity index (χ2n) is 5.33. The van der Waals surface area contributed by atoms with Crippen LogP contribution in [0.15, 0.2) is 18.2 Å². The normalized spacial score (nSPS) is 13.2. The van der Waals surface area contributed by atoms with Gasteiger partial charge in [-0.25, -0.2) is 0 Å². The molecule has 4 heteroatoms.